The van der Waals surface area contributed by atoms with Crippen LogP contribution in [0.5, 0.6) is 0 Å². The first-order valence-electron chi connectivity index (χ1n) is 3.60. The summed E-state index contributed by atoms with van der Waals surface area (Å²) >= 11 is 0. The van der Waals surface area contributed by atoms with E-state index in [1.54, 1.807) is 24.3 Å². The van der Waals surface area contributed by atoms with E-state index in [0.29, 0.717) is 10.6 Å². The van der Waals surface area contributed by atoms with Crippen LogP contribution >= 0.6 is 0 Å². The van der Waals surface area contributed by atoms with E-state index in [9.17, 15) is 9.18 Å². The van der Waals surface area contributed by atoms with Gasteiger partial charge in [-0.15, -0.1) is 0 Å². The molecule has 1 aliphatic rings. The van der Waals surface area contributed by atoms with Gasteiger partial charge in [0.2, 0.25) is 0 Å². The molecule has 1 aromatic carbocycles. The molecular weight excluding hydrogens is 157 g/mol. The van der Waals surface area contributed by atoms with Crippen molar-refractivity contribution in [3.8, 4) is 0 Å². The van der Waals surface area contributed by atoms with Crippen molar-refractivity contribution in [3.05, 3.63) is 34.8 Å². The highest BCUT2D eigenvalue weighted by Crippen LogP contribution is 1.99. The lowest BCUT2D eigenvalue weighted by atomic mass is 10.2. The van der Waals surface area contributed by atoms with Gasteiger partial charge in [0.1, 0.15) is 6.67 Å². The number of halogens is 1. The molecule has 2 nitrogen and oxygen atoms in total. The van der Waals surface area contributed by atoms with E-state index in [1.165, 1.54) is 0 Å². The summed E-state index contributed by atoms with van der Waals surface area (Å²) in [4.78, 5) is 14.7. The Kier molecular flexibility index (Phi) is 1.50. The summed E-state index contributed by atoms with van der Waals surface area (Å²) in [5.41, 5.74) is 0.172. The summed E-state index contributed by atoms with van der Waals surface area (Å²) in [6.07, 6.45) is 0. The van der Waals surface area contributed by atoms with E-state index in [2.05, 4.69) is 4.99 Å². The second-order valence-electron chi connectivity index (χ2n) is 2.55. The Balaban J connectivity index is 2.88. The van der Waals surface area contributed by atoms with Gasteiger partial charge in [0.15, 0.2) is 0 Å². The fraction of sp³-hybridized carbons (Fsp3) is 0.111. The average Bonchev–Trinajstić information content (AvgIpc) is 2.40. The van der Waals surface area contributed by atoms with Crippen LogP contribution in [0, 0.1) is 0 Å². The molecule has 0 aromatic heterocycles. The van der Waals surface area contributed by atoms with Crippen LogP contribution in [0.15, 0.2) is 29.3 Å². The van der Waals surface area contributed by atoms with E-state index in [1.807, 2.05) is 0 Å². The maximum atomic E-state index is 12.3. The number of alkyl halides is 1. The molecule has 0 bridgehead atoms. The average molecular weight is 163 g/mol. The van der Waals surface area contributed by atoms with Crippen LogP contribution in [-0.4, -0.2) is 12.6 Å². The highest BCUT2D eigenvalue weighted by molar-refractivity contribution is 6.15. The molecular formula is C9H6FNO. The Morgan fingerprint density at radius 1 is 1.33 bits per heavy atom. The Bertz CT molecular complexity index is 450. The van der Waals surface area contributed by atoms with Gasteiger partial charge in [0, 0.05) is 5.22 Å². The lowest BCUT2D eigenvalue weighted by Crippen LogP contribution is -2.22. The van der Waals surface area contributed by atoms with Gasteiger partial charge < -0.3 is 0 Å². The predicted molar refractivity (Wildman–Crippen MR) is 41.6 cm³/mol. The molecule has 0 spiro atoms. The lowest BCUT2D eigenvalue weighted by Gasteiger charge is -1.87. The Morgan fingerprint density at radius 3 is 2.83 bits per heavy atom. The van der Waals surface area contributed by atoms with Crippen LogP contribution < -0.4 is 10.6 Å². The Hall–Kier alpha value is -1.51. The Labute approximate surface area is 68.1 Å². The van der Waals surface area contributed by atoms with Gasteiger partial charge in [0.05, 0.1) is 10.9 Å². The summed E-state index contributed by atoms with van der Waals surface area (Å²) in [7, 11) is 0. The third-order valence-corrected chi connectivity index (χ3v) is 1.84. The minimum atomic E-state index is -0.737. The summed E-state index contributed by atoms with van der Waals surface area (Å²) in [6, 6.07) is 6.95. The van der Waals surface area contributed by atoms with E-state index in [0.717, 1.165) is 0 Å². The molecule has 1 heterocycles. The maximum Gasteiger partial charge on any atom is 0.276 e. The molecule has 0 unspecified atom stereocenters. The zero-order valence-corrected chi connectivity index (χ0v) is 6.25. The van der Waals surface area contributed by atoms with Gasteiger partial charge in [-0.1, -0.05) is 18.2 Å². The quantitative estimate of drug-likeness (QED) is 0.571. The maximum absolute atomic E-state index is 12.3. The highest BCUT2D eigenvalue weighted by Gasteiger charge is 2.14. The number of carbonyl (C=O) groups excluding carboxylic acids is 1. The van der Waals surface area contributed by atoms with Gasteiger partial charge in [-0.3, -0.25) is 4.79 Å². The second-order valence-corrected chi connectivity index (χ2v) is 2.55. The third-order valence-electron chi connectivity index (χ3n) is 1.84. The largest absolute Gasteiger partial charge is 0.276 e. The summed E-state index contributed by atoms with van der Waals surface area (Å²) < 4.78 is 12.3. The van der Waals surface area contributed by atoms with Crippen LogP contribution in [0.25, 0.3) is 5.57 Å². The van der Waals surface area contributed by atoms with Crippen molar-refractivity contribution in [1.29, 1.82) is 0 Å². The molecule has 1 aromatic rings. The second kappa shape index (κ2) is 2.52. The van der Waals surface area contributed by atoms with Gasteiger partial charge in [-0.2, -0.15) is 0 Å². The molecule has 0 saturated carbocycles. The molecule has 0 fully saturated rings. The number of hydrogen-bond acceptors (Lipinski definition) is 1. The van der Waals surface area contributed by atoms with Crippen LogP contribution in [-0.2, 0) is 4.79 Å². The molecule has 0 saturated heterocycles. The molecule has 60 valence electrons. The summed E-state index contributed by atoms with van der Waals surface area (Å²) in [6.45, 7) is -0.737. The number of rotatable bonds is 1. The topological polar surface area (TPSA) is 29.4 Å². The minimum Gasteiger partial charge on any atom is -0.267 e. The SMILES string of the molecule is O=C1N=c2ccccc2=C1CF. The number of amides is 1. The molecule has 2 rings (SSSR count). The molecule has 1 amide bonds. The monoisotopic (exact) mass is 163 g/mol. The fourth-order valence-electron chi connectivity index (χ4n) is 1.25. The number of nitrogens with zero attached hydrogens (tertiary/aromatic N) is 1. The first-order chi connectivity index (χ1) is 5.83. The molecule has 0 atom stereocenters. The van der Waals surface area contributed by atoms with E-state index < -0.39 is 12.6 Å². The number of benzene rings is 1. The van der Waals surface area contributed by atoms with Gasteiger partial charge >= 0.3 is 0 Å². The van der Waals surface area contributed by atoms with E-state index >= 15 is 0 Å². The van der Waals surface area contributed by atoms with Gasteiger partial charge in [-0.25, -0.2) is 9.38 Å². The van der Waals surface area contributed by atoms with E-state index in [-0.39, 0.29) is 5.57 Å². The number of para-hydroxylation sites is 1. The summed E-state index contributed by atoms with van der Waals surface area (Å²) in [5, 5.41) is 1.21. The van der Waals surface area contributed by atoms with Crippen LogP contribution in [0.2, 0.25) is 0 Å². The normalized spacial score (nSPS) is 14.4. The number of fused-ring (bicyclic) bond motifs is 1. The van der Waals surface area contributed by atoms with Crippen molar-refractivity contribution in [3.63, 3.8) is 0 Å². The number of carbonyl (C=O) groups is 1. The number of hydrogen-bond donors (Lipinski definition) is 0. The standard InChI is InChI=1S/C9H6FNO/c10-5-7-6-3-1-2-4-8(6)11-9(7)12/h1-4H,5H2. The van der Waals surface area contributed by atoms with Crippen molar-refractivity contribution in [2.75, 3.05) is 6.67 Å². The molecule has 0 aliphatic carbocycles. The third kappa shape index (κ3) is 0.863. The first kappa shape index (κ1) is 7.16. The Morgan fingerprint density at radius 2 is 2.08 bits per heavy atom. The summed E-state index contributed by atoms with van der Waals surface area (Å²) in [5.74, 6) is -0.446. The molecule has 1 aliphatic heterocycles. The lowest BCUT2D eigenvalue weighted by molar-refractivity contribution is -0.112. The van der Waals surface area contributed by atoms with Crippen molar-refractivity contribution in [1.82, 2.24) is 0 Å². The highest BCUT2D eigenvalue weighted by atomic mass is 19.1. The van der Waals surface area contributed by atoms with Crippen molar-refractivity contribution in [2.24, 2.45) is 4.99 Å². The molecule has 0 N–H and O–H groups in total. The zero-order valence-electron chi connectivity index (χ0n) is 6.25. The molecule has 12 heavy (non-hydrogen) atoms. The first-order valence-corrected chi connectivity index (χ1v) is 3.60. The fourth-order valence-corrected chi connectivity index (χ4v) is 1.25. The predicted octanol–water partition coefficient (Wildman–Crippen LogP) is -0.0334. The van der Waals surface area contributed by atoms with Crippen LogP contribution in [0.3, 0.4) is 0 Å². The molecule has 0 radical (unpaired) electrons. The minimum absolute atomic E-state index is 0.172. The zero-order chi connectivity index (χ0) is 8.55. The van der Waals surface area contributed by atoms with Crippen molar-refractivity contribution >= 4 is 11.5 Å². The van der Waals surface area contributed by atoms with E-state index in [4.69, 9.17) is 0 Å². The van der Waals surface area contributed by atoms with Crippen molar-refractivity contribution in [2.45, 2.75) is 0 Å². The van der Waals surface area contributed by atoms with Crippen LogP contribution in [0.4, 0.5) is 4.39 Å². The van der Waals surface area contributed by atoms with Gasteiger partial charge in [0.25, 0.3) is 5.91 Å². The van der Waals surface area contributed by atoms with Crippen molar-refractivity contribution < 1.29 is 9.18 Å². The molecule has 3 heteroatoms. The van der Waals surface area contributed by atoms with Crippen LogP contribution in [0.1, 0.15) is 0 Å². The van der Waals surface area contributed by atoms with Gasteiger partial charge in [-0.05, 0) is 6.07 Å². The smallest absolute Gasteiger partial charge is 0.267 e.